The highest BCUT2D eigenvalue weighted by molar-refractivity contribution is 7.18. The highest BCUT2D eigenvalue weighted by Gasteiger charge is 2.35. The fraction of sp³-hybridized carbons (Fsp3) is 0.476. The van der Waals surface area contributed by atoms with Crippen molar-refractivity contribution in [3.63, 3.8) is 0 Å². The van der Waals surface area contributed by atoms with Crippen LogP contribution in [0.3, 0.4) is 0 Å². The van der Waals surface area contributed by atoms with Crippen LogP contribution in [-0.4, -0.2) is 74.4 Å². The van der Waals surface area contributed by atoms with Gasteiger partial charge in [-0.2, -0.15) is 0 Å². The highest BCUT2D eigenvalue weighted by Crippen LogP contribution is 2.25. The molecule has 0 bridgehead atoms. The molecule has 2 aromatic heterocycles. The Kier molecular flexibility index (Phi) is 6.26. The summed E-state index contributed by atoms with van der Waals surface area (Å²) in [7, 11) is 3.28. The summed E-state index contributed by atoms with van der Waals surface area (Å²) in [5, 5.41) is 8.87. The van der Waals surface area contributed by atoms with Crippen LogP contribution in [0.5, 0.6) is 0 Å². The van der Waals surface area contributed by atoms with E-state index in [1.807, 2.05) is 24.3 Å². The maximum atomic E-state index is 14.1. The molecule has 0 N–H and O–H groups in total. The van der Waals surface area contributed by atoms with Gasteiger partial charge in [-0.25, -0.2) is 14.1 Å². The minimum absolute atomic E-state index is 0.0593. The molecule has 2 amide bonds. The van der Waals surface area contributed by atoms with Crippen LogP contribution in [0.4, 0.5) is 4.39 Å². The number of carbonyl (C=O) groups is 2. The molecule has 164 valence electrons. The number of carbonyl (C=O) groups excluding carboxylic acids is 2. The van der Waals surface area contributed by atoms with E-state index in [-0.39, 0.29) is 36.5 Å². The Morgan fingerprint density at radius 3 is 2.87 bits per heavy atom. The molecule has 3 heterocycles. The Balaban J connectivity index is 1.33. The normalized spacial score (nSPS) is 18.6. The van der Waals surface area contributed by atoms with Crippen LogP contribution in [0.2, 0.25) is 0 Å². The van der Waals surface area contributed by atoms with Crippen molar-refractivity contribution in [2.24, 2.45) is 0 Å². The number of hydrogen-bond acceptors (Lipinski definition) is 6. The number of alkyl halides is 1. The molecule has 1 aromatic carbocycles. The number of halogens is 1. The lowest BCUT2D eigenvalue weighted by molar-refractivity contribution is -0.132. The third kappa shape index (κ3) is 4.90. The molecule has 31 heavy (non-hydrogen) atoms. The summed E-state index contributed by atoms with van der Waals surface area (Å²) in [6.45, 7) is 0.417. The van der Waals surface area contributed by atoms with Crippen molar-refractivity contribution in [2.75, 3.05) is 20.6 Å². The summed E-state index contributed by atoms with van der Waals surface area (Å²) >= 11 is 1.64. The predicted octanol–water partition coefficient (Wildman–Crippen LogP) is 2.55. The lowest BCUT2D eigenvalue weighted by atomic mass is 10.2. The van der Waals surface area contributed by atoms with Gasteiger partial charge in [0.1, 0.15) is 6.17 Å². The molecule has 1 fully saturated rings. The van der Waals surface area contributed by atoms with Crippen LogP contribution in [0, 0.1) is 0 Å². The first-order valence-corrected chi connectivity index (χ1v) is 11.1. The van der Waals surface area contributed by atoms with Crippen LogP contribution >= 0.6 is 11.3 Å². The summed E-state index contributed by atoms with van der Waals surface area (Å²) in [4.78, 5) is 32.4. The highest BCUT2D eigenvalue weighted by atomic mass is 32.1. The van der Waals surface area contributed by atoms with Crippen molar-refractivity contribution in [3.8, 4) is 0 Å². The maximum Gasteiger partial charge on any atom is 0.275 e. The number of para-hydroxylation sites is 1. The minimum Gasteiger partial charge on any atom is -0.343 e. The first kappa shape index (κ1) is 21.4. The summed E-state index contributed by atoms with van der Waals surface area (Å²) in [5.74, 6) is -0.306. The van der Waals surface area contributed by atoms with E-state index >= 15 is 0 Å². The van der Waals surface area contributed by atoms with E-state index in [1.165, 1.54) is 9.58 Å². The Morgan fingerprint density at radius 1 is 1.29 bits per heavy atom. The molecule has 2 atom stereocenters. The van der Waals surface area contributed by atoms with E-state index in [9.17, 15) is 14.0 Å². The van der Waals surface area contributed by atoms with Gasteiger partial charge in [0, 0.05) is 26.9 Å². The number of amides is 2. The molecule has 1 aliphatic rings. The maximum absolute atomic E-state index is 14.1. The Hall–Kier alpha value is -2.88. The van der Waals surface area contributed by atoms with E-state index in [0.717, 1.165) is 21.6 Å². The predicted molar refractivity (Wildman–Crippen MR) is 116 cm³/mol. The lowest BCUT2D eigenvalue weighted by Gasteiger charge is -2.24. The molecule has 10 heteroatoms. The topological polar surface area (TPSA) is 84.2 Å². The van der Waals surface area contributed by atoms with Crippen molar-refractivity contribution < 1.29 is 14.0 Å². The Bertz CT molecular complexity index is 1050. The van der Waals surface area contributed by atoms with Crippen LogP contribution in [0.15, 0.2) is 30.5 Å². The van der Waals surface area contributed by atoms with Gasteiger partial charge < -0.3 is 9.80 Å². The molecule has 8 nitrogen and oxygen atoms in total. The fourth-order valence-electron chi connectivity index (χ4n) is 3.83. The summed E-state index contributed by atoms with van der Waals surface area (Å²) in [6, 6.07) is 7.68. The second-order valence-corrected chi connectivity index (χ2v) is 9.10. The molecule has 0 spiro atoms. The standard InChI is InChI=1S/C21H25FN6O2S/c1-26(2)21(30)17-13-27(25-24-17)12-15-10-14(22)11-28(15)20(29)9-5-8-19-23-16-6-3-4-7-18(16)31-19/h3-4,6-7,13-15H,5,8-12H2,1-2H3/t14-,15-/m0/s1. The summed E-state index contributed by atoms with van der Waals surface area (Å²) in [5.41, 5.74) is 1.21. The lowest BCUT2D eigenvalue weighted by Crippen LogP contribution is -2.38. The number of nitrogens with zero attached hydrogens (tertiary/aromatic N) is 6. The van der Waals surface area contributed by atoms with Crippen molar-refractivity contribution in [2.45, 2.75) is 44.4 Å². The molecule has 0 unspecified atom stereocenters. The van der Waals surface area contributed by atoms with Gasteiger partial charge in [-0.3, -0.25) is 9.59 Å². The largest absolute Gasteiger partial charge is 0.343 e. The number of rotatable bonds is 7. The molecule has 0 radical (unpaired) electrons. The van der Waals surface area contributed by atoms with Crippen LogP contribution in [0.1, 0.15) is 34.8 Å². The second kappa shape index (κ2) is 9.09. The number of aryl methyl sites for hydroxylation is 1. The van der Waals surface area contributed by atoms with Gasteiger partial charge in [0.25, 0.3) is 5.91 Å². The average Bonchev–Trinajstić information content (AvgIpc) is 3.45. The molecular formula is C21H25FN6O2S. The van der Waals surface area contributed by atoms with E-state index in [2.05, 4.69) is 15.3 Å². The van der Waals surface area contributed by atoms with Crippen molar-refractivity contribution >= 4 is 33.4 Å². The summed E-state index contributed by atoms with van der Waals surface area (Å²) in [6.07, 6.45) is 2.50. The number of likely N-dealkylation sites (tertiary alicyclic amines) is 1. The van der Waals surface area contributed by atoms with Gasteiger partial charge in [-0.05, 0) is 25.0 Å². The van der Waals surface area contributed by atoms with Crippen LogP contribution in [-0.2, 0) is 17.8 Å². The van der Waals surface area contributed by atoms with Gasteiger partial charge in [-0.1, -0.05) is 17.3 Å². The SMILES string of the molecule is CN(C)C(=O)c1cn(C[C@@H]2C[C@H](F)CN2C(=O)CCCc2nc3ccccc3s2)nn1. The number of hydrogen-bond donors (Lipinski definition) is 0. The zero-order valence-corrected chi connectivity index (χ0v) is 18.4. The Labute approximate surface area is 183 Å². The molecule has 4 rings (SSSR count). The zero-order chi connectivity index (χ0) is 22.0. The first-order valence-electron chi connectivity index (χ1n) is 10.3. The molecule has 3 aromatic rings. The van der Waals surface area contributed by atoms with E-state index in [1.54, 1.807) is 36.5 Å². The van der Waals surface area contributed by atoms with E-state index in [4.69, 9.17) is 0 Å². The Morgan fingerprint density at radius 2 is 2.10 bits per heavy atom. The molecule has 1 saturated heterocycles. The summed E-state index contributed by atoms with van der Waals surface area (Å²) < 4.78 is 16.8. The van der Waals surface area contributed by atoms with E-state index < -0.39 is 6.17 Å². The monoisotopic (exact) mass is 444 g/mol. The van der Waals surface area contributed by atoms with Gasteiger partial charge in [0.2, 0.25) is 5.91 Å². The third-order valence-electron chi connectivity index (χ3n) is 5.36. The third-order valence-corrected chi connectivity index (χ3v) is 6.46. The van der Waals surface area contributed by atoms with Crippen molar-refractivity contribution in [3.05, 3.63) is 41.2 Å². The second-order valence-electron chi connectivity index (χ2n) is 7.99. The molecule has 0 aliphatic carbocycles. The van der Waals surface area contributed by atoms with Crippen molar-refractivity contribution in [1.82, 2.24) is 29.8 Å². The van der Waals surface area contributed by atoms with Crippen LogP contribution in [0.25, 0.3) is 10.2 Å². The quantitative estimate of drug-likeness (QED) is 0.559. The van der Waals surface area contributed by atoms with Crippen molar-refractivity contribution in [1.29, 1.82) is 0 Å². The van der Waals surface area contributed by atoms with Gasteiger partial charge in [0.05, 0.1) is 40.6 Å². The van der Waals surface area contributed by atoms with E-state index in [0.29, 0.717) is 19.4 Å². The van der Waals surface area contributed by atoms with Crippen LogP contribution < -0.4 is 0 Å². The molecule has 1 aliphatic heterocycles. The fourth-order valence-corrected chi connectivity index (χ4v) is 4.84. The molecular weight excluding hydrogens is 419 g/mol. The minimum atomic E-state index is -1.05. The number of benzene rings is 1. The smallest absolute Gasteiger partial charge is 0.275 e. The number of thiazole rings is 1. The van der Waals surface area contributed by atoms with Gasteiger partial charge in [-0.15, -0.1) is 16.4 Å². The first-order chi connectivity index (χ1) is 14.9. The number of fused-ring (bicyclic) bond motifs is 1. The van der Waals surface area contributed by atoms with Gasteiger partial charge >= 0.3 is 0 Å². The average molecular weight is 445 g/mol. The molecule has 0 saturated carbocycles. The number of aromatic nitrogens is 4. The zero-order valence-electron chi connectivity index (χ0n) is 17.6. The van der Waals surface area contributed by atoms with Gasteiger partial charge in [0.15, 0.2) is 5.69 Å².